The van der Waals surface area contributed by atoms with Gasteiger partial charge in [-0.2, -0.15) is 0 Å². The van der Waals surface area contributed by atoms with Crippen molar-refractivity contribution in [2.45, 2.75) is 24.2 Å². The third kappa shape index (κ3) is 3.09. The highest BCUT2D eigenvalue weighted by Crippen LogP contribution is 2.12. The number of alkyl halides is 1. The molecule has 0 spiro atoms. The van der Waals surface area contributed by atoms with Crippen LogP contribution in [0.2, 0.25) is 0 Å². The summed E-state index contributed by atoms with van der Waals surface area (Å²) in [5.74, 6) is 0. The first-order valence-electron chi connectivity index (χ1n) is 2.48. The fourth-order valence-corrected chi connectivity index (χ4v) is 0.348. The molecule has 0 bridgehead atoms. The normalized spacial score (nSPS) is 13.6. The Balaban J connectivity index is 3.34. The summed E-state index contributed by atoms with van der Waals surface area (Å²) in [4.78, 5) is 0. The molecule has 0 amide bonds. The summed E-state index contributed by atoms with van der Waals surface area (Å²) in [6, 6.07) is 0. The lowest BCUT2D eigenvalue weighted by molar-refractivity contribution is 0.958. The minimum atomic E-state index is 0.678. The van der Waals surface area contributed by atoms with Crippen molar-refractivity contribution in [3.8, 4) is 0 Å². The van der Waals surface area contributed by atoms with E-state index >= 15 is 0 Å². The Morgan fingerprint density at radius 3 is 2.29 bits per heavy atom. The van der Waals surface area contributed by atoms with Gasteiger partial charge < -0.3 is 0 Å². The van der Waals surface area contributed by atoms with Crippen LogP contribution in [0.25, 0.3) is 0 Å². The summed E-state index contributed by atoms with van der Waals surface area (Å²) >= 11 is 2.40. The molecule has 0 aliphatic rings. The molecule has 0 aromatic rings. The maximum atomic E-state index is 3.82. The summed E-state index contributed by atoms with van der Waals surface area (Å²) in [5, 5.41) is 0. The molecular formula is C6H11I. The second-order valence-electron chi connectivity index (χ2n) is 1.72. The topological polar surface area (TPSA) is 0 Å². The van der Waals surface area contributed by atoms with E-state index in [-0.39, 0.29) is 0 Å². The van der Waals surface area contributed by atoms with Crippen LogP contribution in [0, 0.1) is 0 Å². The second-order valence-corrected chi connectivity index (χ2v) is 3.23. The van der Waals surface area contributed by atoms with E-state index in [1.165, 1.54) is 12.0 Å². The number of rotatable bonds is 2. The Bertz CT molecular complexity index is 66.6. The van der Waals surface area contributed by atoms with Gasteiger partial charge in [0, 0.05) is 3.92 Å². The molecule has 0 aliphatic carbocycles. The Hall–Kier alpha value is 0.470. The Morgan fingerprint density at radius 1 is 1.86 bits per heavy atom. The van der Waals surface area contributed by atoms with Crippen LogP contribution in [0.3, 0.4) is 0 Å². The van der Waals surface area contributed by atoms with Crippen molar-refractivity contribution in [1.82, 2.24) is 0 Å². The summed E-state index contributed by atoms with van der Waals surface area (Å²) < 4.78 is 0.678. The van der Waals surface area contributed by atoms with Crippen molar-refractivity contribution in [2.24, 2.45) is 0 Å². The van der Waals surface area contributed by atoms with Crippen molar-refractivity contribution in [3.63, 3.8) is 0 Å². The molecule has 1 heteroatoms. The van der Waals surface area contributed by atoms with Crippen LogP contribution in [0.5, 0.6) is 0 Å². The minimum Gasteiger partial charge on any atom is -0.0991 e. The lowest BCUT2D eigenvalue weighted by Gasteiger charge is -2.01. The molecule has 0 radical (unpaired) electrons. The smallest absolute Gasteiger partial charge is 0.0310 e. The van der Waals surface area contributed by atoms with Crippen molar-refractivity contribution in [1.29, 1.82) is 0 Å². The van der Waals surface area contributed by atoms with E-state index in [2.05, 4.69) is 43.0 Å². The van der Waals surface area contributed by atoms with Gasteiger partial charge in [0.05, 0.1) is 0 Å². The molecule has 1 unspecified atom stereocenters. The summed E-state index contributed by atoms with van der Waals surface area (Å²) in [5.41, 5.74) is 1.28. The average molecular weight is 210 g/mol. The van der Waals surface area contributed by atoms with Gasteiger partial charge in [0.25, 0.3) is 0 Å². The van der Waals surface area contributed by atoms with Crippen molar-refractivity contribution < 1.29 is 0 Å². The number of hydrogen-bond acceptors (Lipinski definition) is 0. The fourth-order valence-electron chi connectivity index (χ4n) is 0.348. The van der Waals surface area contributed by atoms with E-state index in [0.717, 1.165) is 0 Å². The van der Waals surface area contributed by atoms with Gasteiger partial charge in [-0.1, -0.05) is 41.7 Å². The van der Waals surface area contributed by atoms with Crippen LogP contribution in [0.1, 0.15) is 20.3 Å². The van der Waals surface area contributed by atoms with E-state index in [0.29, 0.717) is 3.92 Å². The first-order valence-corrected chi connectivity index (χ1v) is 3.72. The first-order chi connectivity index (χ1) is 3.18. The van der Waals surface area contributed by atoms with E-state index in [1.54, 1.807) is 0 Å². The van der Waals surface area contributed by atoms with Gasteiger partial charge in [-0.3, -0.25) is 0 Å². The summed E-state index contributed by atoms with van der Waals surface area (Å²) in [6.45, 7) is 8.06. The molecule has 1 atom stereocenters. The van der Waals surface area contributed by atoms with Crippen LogP contribution in [-0.2, 0) is 0 Å². The highest BCUT2D eigenvalue weighted by molar-refractivity contribution is 14.1. The largest absolute Gasteiger partial charge is 0.0991 e. The molecule has 42 valence electrons. The predicted octanol–water partition coefficient (Wildman–Crippen LogP) is 2.78. The van der Waals surface area contributed by atoms with Gasteiger partial charge in [0.1, 0.15) is 0 Å². The fraction of sp³-hybridized carbons (Fsp3) is 0.667. The Kier molecular flexibility index (Phi) is 3.70. The zero-order chi connectivity index (χ0) is 5.86. The zero-order valence-corrected chi connectivity index (χ0v) is 7.03. The third-order valence-corrected chi connectivity index (χ3v) is 2.84. The molecule has 0 fully saturated rings. The van der Waals surface area contributed by atoms with Crippen molar-refractivity contribution >= 4 is 22.6 Å². The number of halogens is 1. The van der Waals surface area contributed by atoms with Crippen molar-refractivity contribution in [2.75, 3.05) is 0 Å². The Morgan fingerprint density at radius 2 is 2.29 bits per heavy atom. The zero-order valence-electron chi connectivity index (χ0n) is 4.87. The van der Waals surface area contributed by atoms with Gasteiger partial charge in [-0.25, -0.2) is 0 Å². The van der Waals surface area contributed by atoms with Crippen molar-refractivity contribution in [3.05, 3.63) is 12.2 Å². The average Bonchev–Trinajstić information content (AvgIpc) is 1.65. The van der Waals surface area contributed by atoms with Gasteiger partial charge in [-0.15, -0.1) is 0 Å². The van der Waals surface area contributed by atoms with E-state index in [1.807, 2.05) is 0 Å². The number of hydrogen-bond donors (Lipinski definition) is 0. The molecule has 0 rings (SSSR count). The molecule has 0 N–H and O–H groups in total. The highest BCUT2D eigenvalue weighted by Gasteiger charge is 1.96. The molecule has 0 aliphatic heterocycles. The highest BCUT2D eigenvalue weighted by atomic mass is 127. The molecule has 0 aromatic heterocycles. The van der Waals surface area contributed by atoms with E-state index in [4.69, 9.17) is 0 Å². The van der Waals surface area contributed by atoms with Crippen LogP contribution < -0.4 is 0 Å². The molecule has 0 saturated carbocycles. The van der Waals surface area contributed by atoms with Crippen LogP contribution >= 0.6 is 22.6 Å². The molecule has 7 heavy (non-hydrogen) atoms. The molecule has 0 aromatic carbocycles. The van der Waals surface area contributed by atoms with E-state index in [9.17, 15) is 0 Å². The van der Waals surface area contributed by atoms with Crippen LogP contribution in [-0.4, -0.2) is 3.92 Å². The molecule has 0 nitrogen and oxygen atoms in total. The standard InChI is InChI=1S/C6H11I/c1-4-6(7)5(2)3/h6H,2,4H2,1,3H3. The quantitative estimate of drug-likeness (QED) is 0.373. The summed E-state index contributed by atoms with van der Waals surface area (Å²) in [7, 11) is 0. The lowest BCUT2D eigenvalue weighted by Crippen LogP contribution is -1.93. The SMILES string of the molecule is C=C(C)C(I)CC. The summed E-state index contributed by atoms with van der Waals surface area (Å²) in [6.07, 6.45) is 1.20. The molecule has 0 saturated heterocycles. The molecular weight excluding hydrogens is 199 g/mol. The minimum absolute atomic E-state index is 0.678. The van der Waals surface area contributed by atoms with Gasteiger partial charge >= 0.3 is 0 Å². The lowest BCUT2D eigenvalue weighted by atomic mass is 10.2. The van der Waals surface area contributed by atoms with Gasteiger partial charge in [-0.05, 0) is 13.3 Å². The molecule has 0 heterocycles. The third-order valence-electron chi connectivity index (χ3n) is 0.893. The van der Waals surface area contributed by atoms with Crippen LogP contribution in [0.15, 0.2) is 12.2 Å². The second kappa shape index (κ2) is 3.47. The maximum absolute atomic E-state index is 3.82. The number of allylic oxidation sites excluding steroid dienone is 1. The van der Waals surface area contributed by atoms with Gasteiger partial charge in [0.2, 0.25) is 0 Å². The van der Waals surface area contributed by atoms with Crippen LogP contribution in [0.4, 0.5) is 0 Å². The monoisotopic (exact) mass is 210 g/mol. The predicted molar refractivity (Wildman–Crippen MR) is 42.9 cm³/mol. The van der Waals surface area contributed by atoms with Gasteiger partial charge in [0.15, 0.2) is 0 Å². The Labute approximate surface area is 59.1 Å². The van der Waals surface area contributed by atoms with E-state index < -0.39 is 0 Å². The first kappa shape index (κ1) is 7.47. The maximum Gasteiger partial charge on any atom is 0.0310 e.